The van der Waals surface area contributed by atoms with Crippen molar-refractivity contribution in [3.05, 3.63) is 22.4 Å². The summed E-state index contributed by atoms with van der Waals surface area (Å²) >= 11 is 3.18. The minimum absolute atomic E-state index is 0.00231. The number of nitrogens with two attached hydrogens (primary N) is 1. The van der Waals surface area contributed by atoms with Gasteiger partial charge in [-0.2, -0.15) is 0 Å². The Morgan fingerprint density at radius 1 is 1.47 bits per heavy atom. The fourth-order valence-corrected chi connectivity index (χ4v) is 2.71. The number of carbonyl (C=O) groups is 1. The van der Waals surface area contributed by atoms with Crippen molar-refractivity contribution in [2.24, 2.45) is 0 Å². The lowest BCUT2D eigenvalue weighted by atomic mass is 10.0. The number of hydrogen-bond donors (Lipinski definition) is 2. The van der Waals surface area contributed by atoms with E-state index in [1.54, 1.807) is 6.07 Å². The number of benzene rings is 1. The molecule has 0 spiro atoms. The van der Waals surface area contributed by atoms with Gasteiger partial charge in [-0.15, -0.1) is 0 Å². The molecule has 1 amide bonds. The van der Waals surface area contributed by atoms with Gasteiger partial charge >= 0.3 is 0 Å². The summed E-state index contributed by atoms with van der Waals surface area (Å²) < 4.78 is 13.8. The van der Waals surface area contributed by atoms with Crippen LogP contribution in [0.1, 0.15) is 19.8 Å². The van der Waals surface area contributed by atoms with E-state index in [1.165, 1.54) is 13.0 Å². The van der Waals surface area contributed by atoms with Gasteiger partial charge in [-0.05, 0) is 34.8 Å². The average molecular weight is 330 g/mol. The number of rotatable bonds is 2. The van der Waals surface area contributed by atoms with Gasteiger partial charge in [0, 0.05) is 32.1 Å². The first-order valence-electron chi connectivity index (χ1n) is 6.24. The molecule has 1 saturated heterocycles. The Balaban J connectivity index is 2.05. The Morgan fingerprint density at radius 3 is 2.68 bits per heavy atom. The van der Waals surface area contributed by atoms with Gasteiger partial charge in [0.15, 0.2) is 0 Å². The molecule has 0 radical (unpaired) electrons. The third kappa shape index (κ3) is 3.37. The van der Waals surface area contributed by atoms with Crippen LogP contribution >= 0.6 is 15.9 Å². The lowest BCUT2D eigenvalue weighted by Crippen LogP contribution is -2.44. The van der Waals surface area contributed by atoms with Gasteiger partial charge in [0.2, 0.25) is 5.91 Å². The Hall–Kier alpha value is -1.30. The van der Waals surface area contributed by atoms with Gasteiger partial charge in [0.1, 0.15) is 5.82 Å². The molecule has 0 atom stereocenters. The largest absolute Gasteiger partial charge is 0.397 e. The van der Waals surface area contributed by atoms with Crippen LogP contribution in [0.4, 0.5) is 15.8 Å². The molecule has 2 rings (SSSR count). The minimum atomic E-state index is -0.352. The molecule has 0 aliphatic carbocycles. The fourth-order valence-electron chi connectivity index (χ4n) is 2.38. The maximum atomic E-state index is 13.3. The van der Waals surface area contributed by atoms with E-state index in [-0.39, 0.29) is 17.8 Å². The van der Waals surface area contributed by atoms with Gasteiger partial charge in [-0.1, -0.05) is 0 Å². The molecular formula is C13H17BrFN3O. The number of hydrogen-bond acceptors (Lipinski definition) is 3. The third-order valence-electron chi connectivity index (χ3n) is 3.31. The van der Waals surface area contributed by atoms with Gasteiger partial charge in [0.25, 0.3) is 0 Å². The smallest absolute Gasteiger partial charge is 0.217 e. The molecule has 3 N–H and O–H groups in total. The summed E-state index contributed by atoms with van der Waals surface area (Å²) in [6, 6.07) is 3.27. The van der Waals surface area contributed by atoms with Gasteiger partial charge in [-0.3, -0.25) is 4.79 Å². The van der Waals surface area contributed by atoms with Crippen LogP contribution in [0.5, 0.6) is 0 Å². The van der Waals surface area contributed by atoms with Crippen molar-refractivity contribution in [1.82, 2.24) is 5.32 Å². The first-order valence-corrected chi connectivity index (χ1v) is 7.03. The Kier molecular flexibility index (Phi) is 4.29. The SMILES string of the molecule is CC(=O)NC1CCN(c2cc(Br)c(F)cc2N)CC1. The molecule has 4 nitrogen and oxygen atoms in total. The summed E-state index contributed by atoms with van der Waals surface area (Å²) in [4.78, 5) is 13.1. The van der Waals surface area contributed by atoms with Crippen LogP contribution in [-0.4, -0.2) is 25.0 Å². The predicted octanol–water partition coefficient (Wildman–Crippen LogP) is 2.28. The van der Waals surface area contributed by atoms with Crippen LogP contribution in [-0.2, 0) is 4.79 Å². The normalized spacial score (nSPS) is 16.5. The Labute approximate surface area is 120 Å². The van der Waals surface area contributed by atoms with Gasteiger partial charge in [0.05, 0.1) is 15.8 Å². The van der Waals surface area contributed by atoms with Gasteiger partial charge in [-0.25, -0.2) is 4.39 Å². The zero-order valence-corrected chi connectivity index (χ0v) is 12.3. The van der Waals surface area contributed by atoms with E-state index in [9.17, 15) is 9.18 Å². The summed E-state index contributed by atoms with van der Waals surface area (Å²) in [7, 11) is 0. The fraction of sp³-hybridized carbons (Fsp3) is 0.462. The second-order valence-corrected chi connectivity index (χ2v) is 5.64. The van der Waals surface area contributed by atoms with Crippen molar-refractivity contribution in [2.75, 3.05) is 23.7 Å². The number of nitrogen functional groups attached to an aromatic ring is 1. The number of nitrogens with zero attached hydrogens (tertiary/aromatic N) is 1. The van der Waals surface area contributed by atoms with Crippen LogP contribution in [0.2, 0.25) is 0 Å². The van der Waals surface area contributed by atoms with Crippen LogP contribution in [0.3, 0.4) is 0 Å². The van der Waals surface area contributed by atoms with Crippen molar-refractivity contribution >= 4 is 33.2 Å². The summed E-state index contributed by atoms with van der Waals surface area (Å²) in [5.41, 5.74) is 7.15. The van der Waals surface area contributed by atoms with Crippen LogP contribution in [0.15, 0.2) is 16.6 Å². The van der Waals surface area contributed by atoms with E-state index in [4.69, 9.17) is 5.73 Å². The van der Waals surface area contributed by atoms with Crippen LogP contribution in [0, 0.1) is 5.82 Å². The number of anilines is 2. The van der Waals surface area contributed by atoms with Crippen LogP contribution < -0.4 is 16.0 Å². The molecule has 1 heterocycles. The van der Waals surface area contributed by atoms with E-state index in [0.717, 1.165) is 31.6 Å². The number of amides is 1. The van der Waals surface area contributed by atoms with E-state index in [0.29, 0.717) is 10.2 Å². The molecule has 0 bridgehead atoms. The first-order chi connectivity index (χ1) is 8.97. The molecule has 1 aromatic rings. The molecule has 6 heteroatoms. The molecule has 1 aromatic carbocycles. The number of halogens is 2. The van der Waals surface area contributed by atoms with E-state index in [2.05, 4.69) is 26.1 Å². The van der Waals surface area contributed by atoms with Gasteiger partial charge < -0.3 is 16.0 Å². The summed E-state index contributed by atoms with van der Waals surface area (Å²) in [5, 5.41) is 2.92. The standard InChI is InChI=1S/C13H17BrFN3O/c1-8(19)17-9-2-4-18(5-3-9)13-6-10(14)11(15)7-12(13)16/h6-7,9H,2-5,16H2,1H3,(H,17,19). The Morgan fingerprint density at radius 2 is 2.11 bits per heavy atom. The molecule has 1 aliphatic rings. The summed E-state index contributed by atoms with van der Waals surface area (Å²) in [6.07, 6.45) is 1.74. The second-order valence-electron chi connectivity index (χ2n) is 4.79. The monoisotopic (exact) mass is 329 g/mol. The highest BCUT2D eigenvalue weighted by Crippen LogP contribution is 2.31. The average Bonchev–Trinajstić information content (AvgIpc) is 2.34. The number of piperidine rings is 1. The molecule has 104 valence electrons. The molecule has 19 heavy (non-hydrogen) atoms. The molecule has 0 saturated carbocycles. The molecular weight excluding hydrogens is 313 g/mol. The van der Waals surface area contributed by atoms with Crippen molar-refractivity contribution < 1.29 is 9.18 Å². The summed E-state index contributed by atoms with van der Waals surface area (Å²) in [6.45, 7) is 3.13. The van der Waals surface area contributed by atoms with Crippen molar-refractivity contribution in [3.63, 3.8) is 0 Å². The Bertz CT molecular complexity index is 487. The van der Waals surface area contributed by atoms with E-state index in [1.807, 2.05) is 0 Å². The van der Waals surface area contributed by atoms with Crippen molar-refractivity contribution in [1.29, 1.82) is 0 Å². The quantitative estimate of drug-likeness (QED) is 0.818. The lowest BCUT2D eigenvalue weighted by Gasteiger charge is -2.34. The second kappa shape index (κ2) is 5.77. The molecule has 1 aliphatic heterocycles. The first kappa shape index (κ1) is 14.1. The van der Waals surface area contributed by atoms with Crippen molar-refractivity contribution in [2.45, 2.75) is 25.8 Å². The van der Waals surface area contributed by atoms with E-state index < -0.39 is 0 Å². The minimum Gasteiger partial charge on any atom is -0.397 e. The maximum Gasteiger partial charge on any atom is 0.217 e. The maximum absolute atomic E-state index is 13.3. The van der Waals surface area contributed by atoms with Crippen molar-refractivity contribution in [3.8, 4) is 0 Å². The summed E-state index contributed by atoms with van der Waals surface area (Å²) in [5.74, 6) is -0.350. The zero-order chi connectivity index (χ0) is 14.0. The highest BCUT2D eigenvalue weighted by Gasteiger charge is 2.21. The topological polar surface area (TPSA) is 58.4 Å². The zero-order valence-electron chi connectivity index (χ0n) is 10.7. The lowest BCUT2D eigenvalue weighted by molar-refractivity contribution is -0.119. The highest BCUT2D eigenvalue weighted by molar-refractivity contribution is 9.10. The van der Waals surface area contributed by atoms with E-state index >= 15 is 0 Å². The van der Waals surface area contributed by atoms with Crippen LogP contribution in [0.25, 0.3) is 0 Å². The number of carbonyl (C=O) groups excluding carboxylic acids is 1. The molecule has 0 unspecified atom stereocenters. The molecule has 0 aromatic heterocycles. The predicted molar refractivity (Wildman–Crippen MR) is 77.6 cm³/mol. The highest BCUT2D eigenvalue weighted by atomic mass is 79.9. The third-order valence-corrected chi connectivity index (χ3v) is 3.92. The number of nitrogens with one attached hydrogen (secondary N) is 1. The molecule has 1 fully saturated rings.